The van der Waals surface area contributed by atoms with Gasteiger partial charge in [-0.05, 0) is 42.8 Å². The molecule has 32 heavy (non-hydrogen) atoms. The number of anilines is 2. The van der Waals surface area contributed by atoms with Crippen LogP contribution in [0.1, 0.15) is 43.0 Å². The van der Waals surface area contributed by atoms with Gasteiger partial charge in [-0.3, -0.25) is 9.59 Å². The van der Waals surface area contributed by atoms with Crippen LogP contribution >= 0.6 is 11.8 Å². The summed E-state index contributed by atoms with van der Waals surface area (Å²) in [5.74, 6) is -0.0824. The summed E-state index contributed by atoms with van der Waals surface area (Å²) in [4.78, 5) is 28.0. The van der Waals surface area contributed by atoms with E-state index in [4.69, 9.17) is 0 Å². The molecule has 4 rings (SSSR count). The fraction of sp³-hybridized carbons (Fsp3) is 0.185. The average molecular weight is 443 g/mol. The number of carbonyl (C=O) groups excluding carboxylic acids is 2. The van der Waals surface area contributed by atoms with Crippen molar-refractivity contribution in [3.8, 4) is 0 Å². The number of fused-ring (bicyclic) bond motifs is 1. The van der Waals surface area contributed by atoms with E-state index in [1.165, 1.54) is 11.8 Å². The molecule has 1 aliphatic rings. The second-order valence-electron chi connectivity index (χ2n) is 7.60. The minimum Gasteiger partial charge on any atom is -0.288 e. The molecule has 0 unspecified atom stereocenters. The van der Waals surface area contributed by atoms with Crippen LogP contribution in [0.5, 0.6) is 0 Å². The van der Waals surface area contributed by atoms with Crippen molar-refractivity contribution in [2.24, 2.45) is 0 Å². The van der Waals surface area contributed by atoms with Crippen LogP contribution in [0.2, 0.25) is 0 Å². The zero-order valence-electron chi connectivity index (χ0n) is 18.1. The van der Waals surface area contributed by atoms with E-state index in [0.29, 0.717) is 16.9 Å². The van der Waals surface area contributed by atoms with E-state index >= 15 is 0 Å². The minimum absolute atomic E-state index is 0.0389. The number of carbonyl (C=O) groups is 2. The van der Waals surface area contributed by atoms with E-state index in [-0.39, 0.29) is 11.7 Å². The van der Waals surface area contributed by atoms with Gasteiger partial charge >= 0.3 is 0 Å². The number of rotatable bonds is 8. The molecule has 1 heterocycles. The van der Waals surface area contributed by atoms with Crippen molar-refractivity contribution >= 4 is 34.8 Å². The Balaban J connectivity index is 1.77. The number of hydrogen-bond donors (Lipinski definition) is 0. The molecule has 4 nitrogen and oxygen atoms in total. The molecule has 3 aromatic carbocycles. The van der Waals surface area contributed by atoms with Gasteiger partial charge in [-0.15, -0.1) is 0 Å². The van der Waals surface area contributed by atoms with Crippen LogP contribution in [0.15, 0.2) is 101 Å². The molecule has 0 fully saturated rings. The van der Waals surface area contributed by atoms with Crippen LogP contribution in [-0.2, 0) is 4.79 Å². The molecule has 0 bridgehead atoms. The van der Waals surface area contributed by atoms with Gasteiger partial charge < -0.3 is 0 Å². The van der Waals surface area contributed by atoms with Crippen molar-refractivity contribution in [2.75, 3.05) is 5.01 Å². The molecular weight excluding hydrogens is 416 g/mol. The fourth-order valence-corrected chi connectivity index (χ4v) is 4.66. The normalized spacial score (nSPS) is 13.8. The minimum atomic E-state index is -0.0435. The molecule has 1 aliphatic heterocycles. The van der Waals surface area contributed by atoms with Crippen LogP contribution in [-0.4, -0.2) is 16.7 Å². The highest BCUT2D eigenvalue weighted by Gasteiger charge is 2.29. The maximum absolute atomic E-state index is 13.5. The van der Waals surface area contributed by atoms with E-state index in [0.717, 1.165) is 35.5 Å². The molecule has 0 atom stereocenters. The summed E-state index contributed by atoms with van der Waals surface area (Å²) in [5, 5.41) is 3.50. The largest absolute Gasteiger partial charge is 0.288 e. The monoisotopic (exact) mass is 442 g/mol. The Morgan fingerprint density at radius 1 is 0.844 bits per heavy atom. The highest BCUT2D eigenvalue weighted by molar-refractivity contribution is 8.04. The predicted octanol–water partition coefficient (Wildman–Crippen LogP) is 6.98. The first-order valence-electron chi connectivity index (χ1n) is 10.9. The number of hydrazine groups is 1. The number of para-hydroxylation sites is 2. The molecular formula is C27H26N2O2S. The van der Waals surface area contributed by atoms with E-state index < -0.39 is 0 Å². The fourth-order valence-electron chi connectivity index (χ4n) is 3.66. The van der Waals surface area contributed by atoms with Gasteiger partial charge in [0, 0.05) is 23.1 Å². The van der Waals surface area contributed by atoms with Crippen molar-refractivity contribution in [1.29, 1.82) is 0 Å². The van der Waals surface area contributed by atoms with E-state index in [1.54, 1.807) is 11.2 Å². The van der Waals surface area contributed by atoms with Crippen molar-refractivity contribution < 1.29 is 9.59 Å². The summed E-state index contributed by atoms with van der Waals surface area (Å²) in [6, 6.07) is 27.1. The Hall–Kier alpha value is -3.31. The molecule has 1 amide bonds. The Kier molecular flexibility index (Phi) is 7.07. The van der Waals surface area contributed by atoms with Gasteiger partial charge in [-0.2, -0.15) is 0 Å². The number of nitrogens with zero attached hydrogens (tertiary/aromatic N) is 2. The first-order chi connectivity index (χ1) is 15.7. The Morgan fingerprint density at radius 2 is 1.44 bits per heavy atom. The third kappa shape index (κ3) is 4.78. The highest BCUT2D eigenvalue weighted by atomic mass is 32.2. The maximum atomic E-state index is 13.5. The summed E-state index contributed by atoms with van der Waals surface area (Å²) < 4.78 is 0. The summed E-state index contributed by atoms with van der Waals surface area (Å²) in [6.45, 7) is 2.12. The summed E-state index contributed by atoms with van der Waals surface area (Å²) in [6.07, 6.45) is 4.97. The van der Waals surface area contributed by atoms with Crippen molar-refractivity contribution in [2.45, 2.75) is 37.5 Å². The third-order valence-corrected chi connectivity index (χ3v) is 6.37. The number of benzene rings is 3. The summed E-state index contributed by atoms with van der Waals surface area (Å²) in [5.41, 5.74) is 2.40. The summed E-state index contributed by atoms with van der Waals surface area (Å²) in [7, 11) is 0. The zero-order valence-corrected chi connectivity index (χ0v) is 18.9. The van der Waals surface area contributed by atoms with Gasteiger partial charge in [-0.1, -0.05) is 80.1 Å². The standard InChI is InChI=1S/C27H26N2O2S/c1-2-3-6-19-26(30)28(20-25-27(31)23-17-11-12-18-24(23)32-25)29(21-13-7-4-8-14-21)22-15-9-5-10-16-22/h4-5,7-18,20H,2-3,6,19H2,1H3/b25-20+. The molecule has 0 radical (unpaired) electrons. The van der Waals surface area contributed by atoms with Gasteiger partial charge in [0.2, 0.25) is 11.7 Å². The average Bonchev–Trinajstić information content (AvgIpc) is 3.15. The SMILES string of the molecule is CCCCCC(=O)N(/C=C1/Sc2ccccc2C1=O)N(c1ccccc1)c1ccccc1. The van der Waals surface area contributed by atoms with Crippen LogP contribution in [0.25, 0.3) is 0 Å². The van der Waals surface area contributed by atoms with Gasteiger partial charge in [0.15, 0.2) is 0 Å². The Bertz CT molecular complexity index is 1070. The number of allylic oxidation sites excluding steroid dienone is 1. The van der Waals surface area contributed by atoms with Gasteiger partial charge in [0.05, 0.1) is 16.3 Å². The molecule has 0 saturated heterocycles. The highest BCUT2D eigenvalue weighted by Crippen LogP contribution is 2.40. The van der Waals surface area contributed by atoms with E-state index in [9.17, 15) is 9.59 Å². The Labute approximate surface area is 193 Å². The van der Waals surface area contributed by atoms with Crippen molar-refractivity contribution in [3.63, 3.8) is 0 Å². The lowest BCUT2D eigenvalue weighted by molar-refractivity contribution is -0.128. The zero-order chi connectivity index (χ0) is 22.3. The molecule has 3 aromatic rings. The Morgan fingerprint density at radius 3 is 2.03 bits per heavy atom. The quantitative estimate of drug-likeness (QED) is 0.214. The number of hydrogen-bond acceptors (Lipinski definition) is 4. The van der Waals surface area contributed by atoms with Gasteiger partial charge in [0.1, 0.15) is 0 Å². The molecule has 0 spiro atoms. The first kappa shape index (κ1) is 21.9. The molecule has 5 heteroatoms. The lowest BCUT2D eigenvalue weighted by Gasteiger charge is -2.34. The van der Waals surface area contributed by atoms with Crippen molar-refractivity contribution in [3.05, 3.63) is 102 Å². The lowest BCUT2D eigenvalue weighted by atomic mass is 10.1. The predicted molar refractivity (Wildman–Crippen MR) is 131 cm³/mol. The molecule has 0 aliphatic carbocycles. The number of amides is 1. The summed E-state index contributed by atoms with van der Waals surface area (Å²) >= 11 is 1.42. The smallest absolute Gasteiger partial charge is 0.245 e. The maximum Gasteiger partial charge on any atom is 0.245 e. The van der Waals surface area contributed by atoms with Crippen LogP contribution in [0, 0.1) is 0 Å². The lowest BCUT2D eigenvalue weighted by Crippen LogP contribution is -2.40. The molecule has 0 N–H and O–H groups in total. The first-order valence-corrected chi connectivity index (χ1v) is 11.8. The van der Waals surface area contributed by atoms with Crippen LogP contribution in [0.4, 0.5) is 11.4 Å². The molecule has 162 valence electrons. The van der Waals surface area contributed by atoms with Crippen molar-refractivity contribution in [1.82, 2.24) is 5.01 Å². The number of unbranched alkanes of at least 4 members (excludes halogenated alkanes) is 2. The number of Topliss-reactive ketones (excluding diaryl/α,β-unsaturated/α-hetero) is 1. The van der Waals surface area contributed by atoms with Crippen LogP contribution < -0.4 is 5.01 Å². The van der Waals surface area contributed by atoms with Gasteiger partial charge in [-0.25, -0.2) is 10.0 Å². The van der Waals surface area contributed by atoms with E-state index in [1.807, 2.05) is 89.9 Å². The molecule has 0 aromatic heterocycles. The second-order valence-corrected chi connectivity index (χ2v) is 8.68. The number of thioether (sulfide) groups is 1. The topological polar surface area (TPSA) is 40.6 Å². The number of ketones is 1. The molecule has 0 saturated carbocycles. The third-order valence-electron chi connectivity index (χ3n) is 5.28. The van der Waals surface area contributed by atoms with Gasteiger partial charge in [0.25, 0.3) is 0 Å². The van der Waals surface area contributed by atoms with E-state index in [2.05, 4.69) is 6.92 Å². The van der Waals surface area contributed by atoms with Crippen LogP contribution in [0.3, 0.4) is 0 Å². The second kappa shape index (κ2) is 10.3.